The summed E-state index contributed by atoms with van der Waals surface area (Å²) >= 11 is 1.40. The van der Waals surface area contributed by atoms with E-state index in [2.05, 4.69) is 0 Å². The van der Waals surface area contributed by atoms with E-state index in [9.17, 15) is 14.4 Å². The molecule has 2 aliphatic heterocycles. The molecule has 2 saturated heterocycles. The van der Waals surface area contributed by atoms with Crippen LogP contribution in [0, 0.1) is 0 Å². The molecule has 2 heterocycles. The van der Waals surface area contributed by atoms with Crippen molar-refractivity contribution in [2.75, 3.05) is 12.4 Å². The Bertz CT molecular complexity index is 554. The van der Waals surface area contributed by atoms with E-state index in [4.69, 9.17) is 28.4 Å². The fourth-order valence-electron chi connectivity index (χ4n) is 2.91. The van der Waals surface area contributed by atoms with Crippen LogP contribution < -0.4 is 0 Å². The second-order valence-electron chi connectivity index (χ2n) is 5.99. The zero-order valence-corrected chi connectivity index (χ0v) is 16.2. The molecule has 0 bridgehead atoms. The maximum Gasteiger partial charge on any atom is 0.303 e. The molecule has 0 aromatic heterocycles. The lowest BCUT2D eigenvalue weighted by Gasteiger charge is -2.40. The van der Waals surface area contributed by atoms with Crippen LogP contribution in [-0.4, -0.2) is 66.1 Å². The van der Waals surface area contributed by atoms with Gasteiger partial charge in [0.25, 0.3) is 0 Å². The quantitative estimate of drug-likeness (QED) is 0.479. The molecule has 0 amide bonds. The highest BCUT2D eigenvalue weighted by molar-refractivity contribution is 8.00. The van der Waals surface area contributed by atoms with Gasteiger partial charge in [0, 0.05) is 27.7 Å². The fourth-order valence-corrected chi connectivity index (χ4v) is 3.77. The Labute approximate surface area is 155 Å². The van der Waals surface area contributed by atoms with Crippen LogP contribution in [-0.2, 0) is 42.8 Å². The van der Waals surface area contributed by atoms with Crippen LogP contribution in [0.4, 0.5) is 0 Å². The molecule has 0 saturated carbocycles. The Morgan fingerprint density at radius 2 is 1.62 bits per heavy atom. The largest absolute Gasteiger partial charge is 0.463 e. The predicted octanol–water partition coefficient (Wildman–Crippen LogP) is 0.980. The Morgan fingerprint density at radius 1 is 1.00 bits per heavy atom. The minimum absolute atomic E-state index is 0.185. The van der Waals surface area contributed by atoms with Gasteiger partial charge in [-0.2, -0.15) is 0 Å². The average Bonchev–Trinajstić information content (AvgIpc) is 2.83. The second kappa shape index (κ2) is 8.55. The van der Waals surface area contributed by atoms with Gasteiger partial charge in [-0.3, -0.25) is 14.4 Å². The Hall–Kier alpha value is -1.36. The van der Waals surface area contributed by atoms with Gasteiger partial charge < -0.3 is 28.4 Å². The molecule has 0 aliphatic carbocycles. The van der Waals surface area contributed by atoms with Crippen molar-refractivity contribution in [3.05, 3.63) is 0 Å². The van der Waals surface area contributed by atoms with Gasteiger partial charge in [0.2, 0.25) is 5.12 Å². The van der Waals surface area contributed by atoms with Crippen LogP contribution in [0.5, 0.6) is 0 Å². The number of hydrogen-bond donors (Lipinski definition) is 0. The highest BCUT2D eigenvalue weighted by atomic mass is 32.2. The molecule has 0 N–H and O–H groups in total. The van der Waals surface area contributed by atoms with Crippen LogP contribution in [0.2, 0.25) is 0 Å². The van der Waals surface area contributed by atoms with E-state index >= 15 is 0 Å². The van der Waals surface area contributed by atoms with E-state index in [1.165, 1.54) is 32.5 Å². The van der Waals surface area contributed by atoms with Crippen molar-refractivity contribution in [2.24, 2.45) is 0 Å². The molecule has 10 heteroatoms. The van der Waals surface area contributed by atoms with Gasteiger partial charge in [0.15, 0.2) is 24.6 Å². The van der Waals surface area contributed by atoms with Crippen molar-refractivity contribution in [3.8, 4) is 0 Å². The summed E-state index contributed by atoms with van der Waals surface area (Å²) in [5.74, 6) is -0.958. The maximum absolute atomic E-state index is 11.6. The summed E-state index contributed by atoms with van der Waals surface area (Å²) in [6, 6.07) is 0. The van der Waals surface area contributed by atoms with E-state index in [0.717, 1.165) is 5.75 Å². The molecular weight excluding hydrogens is 368 g/mol. The first-order valence-corrected chi connectivity index (χ1v) is 9.26. The van der Waals surface area contributed by atoms with Crippen LogP contribution in [0.3, 0.4) is 0 Å². The van der Waals surface area contributed by atoms with Crippen molar-refractivity contribution >= 4 is 29.7 Å². The number of ether oxygens (including phenoxy) is 6. The number of esters is 3. The van der Waals surface area contributed by atoms with Crippen LogP contribution in [0.15, 0.2) is 0 Å². The highest BCUT2D eigenvalue weighted by Crippen LogP contribution is 2.43. The van der Waals surface area contributed by atoms with E-state index < -0.39 is 53.7 Å². The predicted molar refractivity (Wildman–Crippen MR) is 88.9 cm³/mol. The van der Waals surface area contributed by atoms with Crippen molar-refractivity contribution in [3.63, 3.8) is 0 Å². The van der Waals surface area contributed by atoms with E-state index in [-0.39, 0.29) is 6.61 Å². The SMILES string of the molecule is CCSC1(C)OC2O[C@H](COC(C)=O)[C@@H](OC(C)=O)[C@H](OC(C)=O)[C@H]2O1. The maximum atomic E-state index is 11.6. The lowest BCUT2D eigenvalue weighted by atomic mass is 9.98. The van der Waals surface area contributed by atoms with Gasteiger partial charge in [-0.15, -0.1) is 0 Å². The lowest BCUT2D eigenvalue weighted by Crippen LogP contribution is -2.60. The molecule has 2 unspecified atom stereocenters. The van der Waals surface area contributed by atoms with Gasteiger partial charge >= 0.3 is 17.9 Å². The molecule has 6 atom stereocenters. The number of hydrogen-bond acceptors (Lipinski definition) is 10. The molecule has 0 spiro atoms. The van der Waals surface area contributed by atoms with Gasteiger partial charge in [-0.05, 0) is 5.75 Å². The Kier molecular flexibility index (Phi) is 6.89. The summed E-state index contributed by atoms with van der Waals surface area (Å²) < 4.78 is 33.3. The van der Waals surface area contributed by atoms with Crippen molar-refractivity contribution in [1.82, 2.24) is 0 Å². The number of carbonyl (C=O) groups excluding carboxylic acids is 3. The van der Waals surface area contributed by atoms with Crippen LogP contribution >= 0.6 is 11.8 Å². The first kappa shape index (κ1) is 20.9. The Morgan fingerprint density at radius 3 is 2.15 bits per heavy atom. The van der Waals surface area contributed by atoms with Gasteiger partial charge in [0.1, 0.15) is 12.7 Å². The van der Waals surface area contributed by atoms with Crippen molar-refractivity contribution in [1.29, 1.82) is 0 Å². The Balaban J connectivity index is 2.29. The fraction of sp³-hybridized carbons (Fsp3) is 0.812. The van der Waals surface area contributed by atoms with Gasteiger partial charge in [-0.25, -0.2) is 0 Å². The molecule has 9 nitrogen and oxygen atoms in total. The molecule has 0 radical (unpaired) electrons. The molecule has 2 rings (SSSR count). The highest BCUT2D eigenvalue weighted by Gasteiger charge is 2.58. The first-order chi connectivity index (χ1) is 12.1. The molecule has 2 fully saturated rings. The monoisotopic (exact) mass is 392 g/mol. The number of fused-ring (bicyclic) bond motifs is 1. The summed E-state index contributed by atoms with van der Waals surface area (Å²) in [7, 11) is 0. The van der Waals surface area contributed by atoms with Crippen LogP contribution in [0.25, 0.3) is 0 Å². The topological polar surface area (TPSA) is 107 Å². The molecular formula is C16H24O9S. The van der Waals surface area contributed by atoms with E-state index in [1.54, 1.807) is 6.92 Å². The summed E-state index contributed by atoms with van der Waals surface area (Å²) in [6.45, 7) is 7.21. The summed E-state index contributed by atoms with van der Waals surface area (Å²) in [6.07, 6.45) is -4.49. The summed E-state index contributed by atoms with van der Waals surface area (Å²) in [5.41, 5.74) is 0. The second-order valence-corrected chi connectivity index (χ2v) is 7.60. The number of thioether (sulfide) groups is 1. The molecule has 26 heavy (non-hydrogen) atoms. The third-order valence-electron chi connectivity index (χ3n) is 3.73. The molecule has 0 aromatic rings. The normalized spacial score (nSPS) is 36.1. The molecule has 148 valence electrons. The van der Waals surface area contributed by atoms with E-state index in [1.807, 2.05) is 6.92 Å². The van der Waals surface area contributed by atoms with Gasteiger partial charge in [-0.1, -0.05) is 18.7 Å². The average molecular weight is 392 g/mol. The summed E-state index contributed by atoms with van der Waals surface area (Å²) in [4.78, 5) is 34.3. The summed E-state index contributed by atoms with van der Waals surface area (Å²) in [5, 5.41) is -1.00. The van der Waals surface area contributed by atoms with Crippen molar-refractivity contribution in [2.45, 2.75) is 70.4 Å². The van der Waals surface area contributed by atoms with Crippen LogP contribution in [0.1, 0.15) is 34.6 Å². The first-order valence-electron chi connectivity index (χ1n) is 8.28. The third kappa shape index (κ3) is 5.09. The standard InChI is InChI=1S/C16H24O9S/c1-6-26-16(5)24-14-13(22-10(4)19)12(21-9(3)18)11(7-20-8(2)17)23-15(14)25-16/h11-15H,6-7H2,1-5H3/t11-,12-,13+,14-,15?,16?/m1/s1. The smallest absolute Gasteiger partial charge is 0.303 e. The lowest BCUT2D eigenvalue weighted by molar-refractivity contribution is -0.264. The zero-order chi connectivity index (χ0) is 19.5. The zero-order valence-electron chi connectivity index (χ0n) is 15.4. The minimum atomic E-state index is -1.01. The minimum Gasteiger partial charge on any atom is -0.463 e. The molecule has 0 aromatic carbocycles. The molecule has 2 aliphatic rings. The van der Waals surface area contributed by atoms with Gasteiger partial charge in [0.05, 0.1) is 0 Å². The number of rotatable bonds is 6. The third-order valence-corrected chi connectivity index (χ3v) is 4.74. The van der Waals surface area contributed by atoms with Crippen molar-refractivity contribution < 1.29 is 42.8 Å². The number of carbonyl (C=O) groups is 3. The van der Waals surface area contributed by atoms with E-state index in [0.29, 0.717) is 0 Å².